The summed E-state index contributed by atoms with van der Waals surface area (Å²) in [6.07, 6.45) is 0. The van der Waals surface area contributed by atoms with Gasteiger partial charge in [-0.2, -0.15) is 0 Å². The average Bonchev–Trinajstić information content (AvgIpc) is 3.72. The number of benzene rings is 9. The first-order valence-corrected chi connectivity index (χ1v) is 20.5. The van der Waals surface area contributed by atoms with Crippen LogP contribution in [0.3, 0.4) is 0 Å². The molecule has 0 N–H and O–H groups in total. The van der Waals surface area contributed by atoms with E-state index in [-0.39, 0.29) is 0 Å². The van der Waals surface area contributed by atoms with E-state index in [1.807, 2.05) is 42.5 Å². The molecule has 4 heteroatoms. The van der Waals surface area contributed by atoms with Crippen molar-refractivity contribution in [1.29, 1.82) is 0 Å². The van der Waals surface area contributed by atoms with E-state index in [1.54, 1.807) is 0 Å². The maximum Gasteiger partial charge on any atom is 0.164 e. The lowest BCUT2D eigenvalue weighted by Crippen LogP contribution is -2.00. The fraction of sp³-hybridized carbons (Fsp3) is 0. The largest absolute Gasteiger partial charge is 0.456 e. The van der Waals surface area contributed by atoms with Gasteiger partial charge in [-0.25, -0.2) is 15.0 Å². The van der Waals surface area contributed by atoms with Gasteiger partial charge in [-0.15, -0.1) is 0 Å². The highest BCUT2D eigenvalue weighted by molar-refractivity contribution is 6.07. The number of fused-ring (bicyclic) bond motifs is 3. The summed E-state index contributed by atoms with van der Waals surface area (Å²) in [6, 6.07) is 78.4. The molecule has 0 spiro atoms. The summed E-state index contributed by atoms with van der Waals surface area (Å²) in [6.45, 7) is 0. The molecule has 0 amide bonds. The topological polar surface area (TPSA) is 51.8 Å². The molecule has 11 aromatic rings. The van der Waals surface area contributed by atoms with Gasteiger partial charge < -0.3 is 4.42 Å². The first kappa shape index (κ1) is 35.9. The zero-order chi connectivity index (χ0) is 40.5. The van der Waals surface area contributed by atoms with Crippen LogP contribution in [0.15, 0.2) is 229 Å². The Morgan fingerprint density at radius 1 is 0.213 bits per heavy atom. The van der Waals surface area contributed by atoms with Crippen molar-refractivity contribution in [3.63, 3.8) is 0 Å². The summed E-state index contributed by atoms with van der Waals surface area (Å²) in [5.41, 5.74) is 15.9. The van der Waals surface area contributed by atoms with Gasteiger partial charge in [0.1, 0.15) is 11.2 Å². The number of nitrogens with zero attached hydrogens (tertiary/aromatic N) is 3. The predicted octanol–water partition coefficient (Wildman–Crippen LogP) is 15.1. The molecule has 2 heterocycles. The van der Waals surface area contributed by atoms with Gasteiger partial charge in [-0.1, -0.05) is 176 Å². The summed E-state index contributed by atoms with van der Waals surface area (Å²) >= 11 is 0. The molecule has 0 saturated carbocycles. The number of aromatic nitrogens is 3. The van der Waals surface area contributed by atoms with E-state index >= 15 is 0 Å². The molecule has 0 fully saturated rings. The standard InChI is InChI=1S/C57H37N3O/c1-5-14-38(15-6-1)41-24-26-43(27-25-41)56-58-55(42-20-11-4-12-21-42)59-57(60-56)47-29-31-52-51-30-28-46(36-53(51)61-54(52)37-47)44-22-13-23-45(32-44)50-34-48(39-16-7-2-8-17-39)33-49(35-50)40-18-9-3-10-19-40/h1-37H. The first-order chi connectivity index (χ1) is 30.2. The third-order valence-corrected chi connectivity index (χ3v) is 11.3. The second-order valence-corrected chi connectivity index (χ2v) is 15.3. The fourth-order valence-electron chi connectivity index (χ4n) is 8.16. The number of hydrogen-bond donors (Lipinski definition) is 0. The summed E-state index contributed by atoms with van der Waals surface area (Å²) in [4.78, 5) is 15.0. The zero-order valence-corrected chi connectivity index (χ0v) is 33.1. The second-order valence-electron chi connectivity index (χ2n) is 15.3. The molecule has 286 valence electrons. The van der Waals surface area contributed by atoms with Crippen molar-refractivity contribution >= 4 is 21.9 Å². The van der Waals surface area contributed by atoms with Gasteiger partial charge in [0.25, 0.3) is 0 Å². The molecule has 0 radical (unpaired) electrons. The van der Waals surface area contributed by atoms with E-state index in [2.05, 4.69) is 182 Å². The van der Waals surface area contributed by atoms with Crippen LogP contribution in [0.4, 0.5) is 0 Å². The van der Waals surface area contributed by atoms with Crippen molar-refractivity contribution in [2.75, 3.05) is 0 Å². The second kappa shape index (κ2) is 15.5. The predicted molar refractivity (Wildman–Crippen MR) is 251 cm³/mol. The molecular formula is C57H37N3O. The Labute approximate surface area is 354 Å². The highest BCUT2D eigenvalue weighted by atomic mass is 16.3. The fourth-order valence-corrected chi connectivity index (χ4v) is 8.16. The maximum atomic E-state index is 6.63. The van der Waals surface area contributed by atoms with Gasteiger partial charge in [-0.3, -0.25) is 0 Å². The van der Waals surface area contributed by atoms with Gasteiger partial charge in [0, 0.05) is 27.5 Å². The third kappa shape index (κ3) is 7.17. The van der Waals surface area contributed by atoms with Gasteiger partial charge in [0.2, 0.25) is 0 Å². The number of rotatable bonds is 8. The van der Waals surface area contributed by atoms with Gasteiger partial charge in [-0.05, 0) is 104 Å². The highest BCUT2D eigenvalue weighted by Crippen LogP contribution is 2.38. The van der Waals surface area contributed by atoms with E-state index in [4.69, 9.17) is 19.4 Å². The molecule has 11 rings (SSSR count). The molecule has 0 unspecified atom stereocenters. The van der Waals surface area contributed by atoms with Crippen molar-refractivity contribution in [3.05, 3.63) is 224 Å². The Morgan fingerprint density at radius 2 is 0.508 bits per heavy atom. The lowest BCUT2D eigenvalue weighted by atomic mass is 9.92. The van der Waals surface area contributed by atoms with Gasteiger partial charge in [0.15, 0.2) is 17.5 Å². The molecule has 61 heavy (non-hydrogen) atoms. The van der Waals surface area contributed by atoms with E-state index in [0.29, 0.717) is 17.5 Å². The van der Waals surface area contributed by atoms with Crippen LogP contribution < -0.4 is 0 Å². The Morgan fingerprint density at radius 3 is 1.03 bits per heavy atom. The minimum Gasteiger partial charge on any atom is -0.456 e. The van der Waals surface area contributed by atoms with Crippen LogP contribution in [0.1, 0.15) is 0 Å². The van der Waals surface area contributed by atoms with Crippen molar-refractivity contribution in [2.45, 2.75) is 0 Å². The molecule has 2 aromatic heterocycles. The van der Waals surface area contributed by atoms with Crippen molar-refractivity contribution in [1.82, 2.24) is 15.0 Å². The zero-order valence-electron chi connectivity index (χ0n) is 33.1. The van der Waals surface area contributed by atoms with Crippen molar-refractivity contribution in [2.24, 2.45) is 0 Å². The van der Waals surface area contributed by atoms with Crippen LogP contribution in [-0.2, 0) is 0 Å². The summed E-state index contributed by atoms with van der Waals surface area (Å²) < 4.78 is 6.63. The molecule has 0 saturated heterocycles. The van der Waals surface area contributed by atoms with Crippen LogP contribution in [0.5, 0.6) is 0 Å². The smallest absolute Gasteiger partial charge is 0.164 e. The number of hydrogen-bond acceptors (Lipinski definition) is 4. The van der Waals surface area contributed by atoms with E-state index in [0.717, 1.165) is 66.4 Å². The van der Waals surface area contributed by atoms with Gasteiger partial charge in [0.05, 0.1) is 0 Å². The molecular weight excluding hydrogens is 743 g/mol. The summed E-state index contributed by atoms with van der Waals surface area (Å²) in [5, 5.41) is 2.10. The molecule has 0 aliphatic rings. The molecule has 0 bridgehead atoms. The lowest BCUT2D eigenvalue weighted by Gasteiger charge is -2.12. The Balaban J connectivity index is 0.951. The first-order valence-electron chi connectivity index (χ1n) is 20.5. The lowest BCUT2D eigenvalue weighted by molar-refractivity contribution is 0.669. The molecule has 0 atom stereocenters. The van der Waals surface area contributed by atoms with Crippen LogP contribution >= 0.6 is 0 Å². The normalized spacial score (nSPS) is 11.3. The number of furan rings is 1. The Kier molecular flexibility index (Phi) is 9.14. The van der Waals surface area contributed by atoms with Crippen LogP contribution in [0.25, 0.3) is 112 Å². The maximum absolute atomic E-state index is 6.63. The van der Waals surface area contributed by atoms with Crippen LogP contribution in [0, 0.1) is 0 Å². The average molecular weight is 780 g/mol. The minimum absolute atomic E-state index is 0.586. The Bertz CT molecular complexity index is 3270. The molecule has 0 aliphatic heterocycles. The van der Waals surface area contributed by atoms with Gasteiger partial charge >= 0.3 is 0 Å². The molecule has 0 aliphatic carbocycles. The molecule has 4 nitrogen and oxygen atoms in total. The minimum atomic E-state index is 0.586. The third-order valence-electron chi connectivity index (χ3n) is 11.3. The summed E-state index contributed by atoms with van der Waals surface area (Å²) in [7, 11) is 0. The summed E-state index contributed by atoms with van der Waals surface area (Å²) in [5.74, 6) is 1.82. The van der Waals surface area contributed by atoms with Crippen LogP contribution in [-0.4, -0.2) is 15.0 Å². The Hall–Kier alpha value is -8.21. The van der Waals surface area contributed by atoms with Crippen molar-refractivity contribution in [3.8, 4) is 89.8 Å². The van der Waals surface area contributed by atoms with Crippen LogP contribution in [0.2, 0.25) is 0 Å². The van der Waals surface area contributed by atoms with E-state index in [9.17, 15) is 0 Å². The monoisotopic (exact) mass is 779 g/mol. The van der Waals surface area contributed by atoms with Crippen molar-refractivity contribution < 1.29 is 4.42 Å². The highest BCUT2D eigenvalue weighted by Gasteiger charge is 2.16. The van der Waals surface area contributed by atoms with E-state index in [1.165, 1.54) is 27.8 Å². The SMILES string of the molecule is c1ccc(-c2ccc(-c3nc(-c4ccccc4)nc(-c4ccc5c(c4)oc4cc(-c6cccc(-c7cc(-c8ccccc8)cc(-c8ccccc8)c7)c6)ccc45)n3)cc2)cc1. The quantitative estimate of drug-likeness (QED) is 0.154. The molecule has 9 aromatic carbocycles. The van der Waals surface area contributed by atoms with E-state index < -0.39 is 0 Å².